The lowest BCUT2D eigenvalue weighted by Crippen LogP contribution is -2.31. The molecule has 1 fully saturated rings. The van der Waals surface area contributed by atoms with Crippen LogP contribution in [0.25, 0.3) is 0 Å². The van der Waals surface area contributed by atoms with Crippen LogP contribution in [0.1, 0.15) is 50.6 Å². The zero-order chi connectivity index (χ0) is 21.6. The van der Waals surface area contributed by atoms with Crippen molar-refractivity contribution in [1.82, 2.24) is 10.0 Å². The van der Waals surface area contributed by atoms with Crippen LogP contribution in [0.5, 0.6) is 5.75 Å². The molecule has 1 unspecified atom stereocenters. The average Bonchev–Trinajstić information content (AvgIpc) is 3.43. The maximum absolute atomic E-state index is 13.9. The van der Waals surface area contributed by atoms with Gasteiger partial charge in [0.25, 0.3) is 6.02 Å². The molecule has 1 aromatic rings. The fourth-order valence-corrected chi connectivity index (χ4v) is 4.40. The smallest absolute Gasteiger partial charge is 0.286 e. The molecule has 0 amide bonds. The first-order valence-electron chi connectivity index (χ1n) is 10.4. The lowest BCUT2D eigenvalue weighted by Gasteiger charge is -2.16. The van der Waals surface area contributed by atoms with E-state index in [9.17, 15) is 17.9 Å². The first kappa shape index (κ1) is 22.8. The van der Waals surface area contributed by atoms with Gasteiger partial charge in [-0.15, -0.1) is 0 Å². The highest BCUT2D eigenvalue weighted by molar-refractivity contribution is 7.89. The molecule has 1 aliphatic carbocycles. The van der Waals surface area contributed by atoms with Gasteiger partial charge in [-0.3, -0.25) is 0 Å². The van der Waals surface area contributed by atoms with E-state index in [4.69, 9.17) is 9.47 Å². The minimum Gasteiger partial charge on any atom is -0.490 e. The van der Waals surface area contributed by atoms with Crippen molar-refractivity contribution in [3.63, 3.8) is 0 Å². The summed E-state index contributed by atoms with van der Waals surface area (Å²) in [6.45, 7) is 2.91. The van der Waals surface area contributed by atoms with Crippen LogP contribution in [-0.2, 0) is 14.8 Å². The maximum atomic E-state index is 13.9. The molecule has 3 N–H and O–H groups in total. The van der Waals surface area contributed by atoms with Crippen molar-refractivity contribution in [3.05, 3.63) is 29.6 Å². The highest BCUT2D eigenvalue weighted by Crippen LogP contribution is 2.31. The summed E-state index contributed by atoms with van der Waals surface area (Å²) in [6, 6.07) is 4.29. The molecule has 2 atom stereocenters. The topological polar surface area (TPSA) is 109 Å². The lowest BCUT2D eigenvalue weighted by molar-refractivity contribution is 0.169. The van der Waals surface area contributed by atoms with Gasteiger partial charge in [0.15, 0.2) is 11.6 Å². The van der Waals surface area contributed by atoms with Crippen LogP contribution in [0.3, 0.4) is 0 Å². The maximum Gasteiger partial charge on any atom is 0.286 e. The van der Waals surface area contributed by atoms with Crippen LogP contribution in [0.4, 0.5) is 4.39 Å². The number of amidine groups is 1. The largest absolute Gasteiger partial charge is 0.490 e. The van der Waals surface area contributed by atoms with Crippen LogP contribution in [0, 0.1) is 11.7 Å². The van der Waals surface area contributed by atoms with Gasteiger partial charge in [0.05, 0.1) is 25.5 Å². The molecule has 1 saturated carbocycles. The number of nitrogens with zero attached hydrogens (tertiary/aromatic N) is 1. The Morgan fingerprint density at radius 1 is 1.30 bits per heavy atom. The summed E-state index contributed by atoms with van der Waals surface area (Å²) in [5, 5.41) is 11.9. The second kappa shape index (κ2) is 10.4. The van der Waals surface area contributed by atoms with E-state index < -0.39 is 28.1 Å². The van der Waals surface area contributed by atoms with Gasteiger partial charge < -0.3 is 19.9 Å². The molecule has 0 spiro atoms. The van der Waals surface area contributed by atoms with E-state index in [0.717, 1.165) is 12.8 Å². The molecule has 1 heterocycles. The lowest BCUT2D eigenvalue weighted by atomic mass is 10.1. The second-order valence-corrected chi connectivity index (χ2v) is 9.69. The average molecular weight is 444 g/mol. The molecule has 168 valence electrons. The molecule has 8 nitrogen and oxygen atoms in total. The highest BCUT2D eigenvalue weighted by Gasteiger charge is 2.23. The molecule has 0 aromatic heterocycles. The highest BCUT2D eigenvalue weighted by atomic mass is 32.2. The van der Waals surface area contributed by atoms with Crippen molar-refractivity contribution < 1.29 is 27.4 Å². The normalized spacial score (nSPS) is 19.8. The number of aliphatic imine (C=N–C) groups is 1. The Morgan fingerprint density at radius 2 is 2.10 bits per heavy atom. The van der Waals surface area contributed by atoms with Gasteiger partial charge in [-0.2, -0.15) is 0 Å². The number of nitrogens with one attached hydrogen (secondary N) is 2. The third-order valence-electron chi connectivity index (χ3n) is 4.98. The van der Waals surface area contributed by atoms with Crippen LogP contribution in [0.2, 0.25) is 0 Å². The van der Waals surface area contributed by atoms with E-state index >= 15 is 0 Å². The number of rotatable bonds is 12. The van der Waals surface area contributed by atoms with Gasteiger partial charge in [-0.25, -0.2) is 22.5 Å². The zero-order valence-corrected chi connectivity index (χ0v) is 18.0. The van der Waals surface area contributed by atoms with Crippen LogP contribution < -0.4 is 14.8 Å². The van der Waals surface area contributed by atoms with E-state index in [0.29, 0.717) is 50.0 Å². The molecule has 0 saturated heterocycles. The van der Waals surface area contributed by atoms with E-state index in [1.54, 1.807) is 19.1 Å². The Bertz CT molecular complexity index is 845. The summed E-state index contributed by atoms with van der Waals surface area (Å²) in [7, 11) is -3.47. The SMILES string of the molecule is C[C@@H](NS(=O)(=O)CCCCCOC1=NCC(O)N1)c1ccc(F)c(OCC2CC2)c1. The first-order chi connectivity index (χ1) is 14.3. The summed E-state index contributed by atoms with van der Waals surface area (Å²) in [5.41, 5.74) is 0.659. The van der Waals surface area contributed by atoms with E-state index in [2.05, 4.69) is 15.0 Å². The summed E-state index contributed by atoms with van der Waals surface area (Å²) in [5.74, 6) is 0.231. The van der Waals surface area contributed by atoms with Gasteiger partial charge in [0.1, 0.15) is 6.23 Å². The molecule has 3 rings (SSSR count). The van der Waals surface area contributed by atoms with Crippen molar-refractivity contribution in [1.29, 1.82) is 0 Å². The van der Waals surface area contributed by atoms with Gasteiger partial charge in [-0.1, -0.05) is 6.07 Å². The third kappa shape index (κ3) is 7.41. The molecule has 0 radical (unpaired) electrons. The van der Waals surface area contributed by atoms with E-state index in [-0.39, 0.29) is 18.0 Å². The van der Waals surface area contributed by atoms with Crippen molar-refractivity contribution in [3.8, 4) is 5.75 Å². The van der Waals surface area contributed by atoms with Gasteiger partial charge >= 0.3 is 0 Å². The van der Waals surface area contributed by atoms with E-state index in [1.807, 2.05) is 0 Å². The number of aliphatic hydroxyl groups is 1. The Kier molecular flexibility index (Phi) is 7.90. The van der Waals surface area contributed by atoms with Crippen LogP contribution >= 0.6 is 0 Å². The minimum absolute atomic E-state index is 0.00147. The standard InChI is InChI=1S/C20H30FN3O5S/c1-14(16-7-8-17(21)18(11-16)29-13-15-5-6-15)24-30(26,27)10-4-2-3-9-28-20-22-12-19(25)23-20/h7-8,11,14-15,19,24-25H,2-6,9-10,12-13H2,1H3,(H,22,23)/t14-,19?/m1/s1. The number of ether oxygens (including phenoxy) is 2. The molecule has 0 bridgehead atoms. The second-order valence-electron chi connectivity index (χ2n) is 7.82. The predicted molar refractivity (Wildman–Crippen MR) is 111 cm³/mol. The van der Waals surface area contributed by atoms with Crippen LogP contribution in [-0.4, -0.2) is 51.3 Å². The van der Waals surface area contributed by atoms with Crippen LogP contribution in [0.15, 0.2) is 23.2 Å². The molecule has 10 heteroatoms. The number of aliphatic hydroxyl groups excluding tert-OH is 1. The molecular formula is C20H30FN3O5S. The minimum atomic E-state index is -3.47. The third-order valence-corrected chi connectivity index (χ3v) is 6.52. The fourth-order valence-electron chi connectivity index (χ4n) is 3.02. The molecular weight excluding hydrogens is 413 g/mol. The molecule has 30 heavy (non-hydrogen) atoms. The van der Waals surface area contributed by atoms with E-state index in [1.165, 1.54) is 6.07 Å². The Morgan fingerprint density at radius 3 is 2.80 bits per heavy atom. The number of sulfonamides is 1. The Balaban J connectivity index is 1.38. The monoisotopic (exact) mass is 443 g/mol. The first-order valence-corrected chi connectivity index (χ1v) is 12.0. The van der Waals surface area contributed by atoms with Gasteiger partial charge in [0, 0.05) is 6.04 Å². The number of hydrogen-bond acceptors (Lipinski definition) is 7. The number of benzene rings is 1. The number of unbranched alkanes of at least 4 members (excludes halogenated alkanes) is 2. The Labute approximate surface area is 176 Å². The summed E-state index contributed by atoms with van der Waals surface area (Å²) in [4.78, 5) is 3.96. The summed E-state index contributed by atoms with van der Waals surface area (Å²) >= 11 is 0. The van der Waals surface area contributed by atoms with Crippen molar-refractivity contribution >= 4 is 16.0 Å². The fraction of sp³-hybridized carbons (Fsp3) is 0.650. The van der Waals surface area contributed by atoms with Crippen molar-refractivity contribution in [2.75, 3.05) is 25.5 Å². The number of halogens is 1. The molecule has 2 aliphatic rings. The van der Waals surface area contributed by atoms with Crippen molar-refractivity contribution in [2.45, 2.75) is 51.3 Å². The summed E-state index contributed by atoms with van der Waals surface area (Å²) in [6.07, 6.45) is 3.38. The Hall–Kier alpha value is -1.91. The zero-order valence-electron chi connectivity index (χ0n) is 17.1. The summed E-state index contributed by atoms with van der Waals surface area (Å²) < 4.78 is 52.2. The van der Waals surface area contributed by atoms with Crippen molar-refractivity contribution in [2.24, 2.45) is 10.9 Å². The molecule has 1 aromatic carbocycles. The predicted octanol–water partition coefficient (Wildman–Crippen LogP) is 2.06. The van der Waals surface area contributed by atoms with Gasteiger partial charge in [0.2, 0.25) is 10.0 Å². The van der Waals surface area contributed by atoms with Gasteiger partial charge in [-0.05, 0) is 62.6 Å². The molecule has 1 aliphatic heterocycles. The number of hydrogen-bond donors (Lipinski definition) is 3. The quantitative estimate of drug-likeness (QED) is 0.427.